The minimum atomic E-state index is 0.652. The lowest BCUT2D eigenvalue weighted by Crippen LogP contribution is -2.08. The highest BCUT2D eigenvalue weighted by Crippen LogP contribution is 2.23. The number of nitrogens with zero attached hydrogens (tertiary/aromatic N) is 4. The molecule has 0 amide bonds. The van der Waals surface area contributed by atoms with Gasteiger partial charge in [-0.15, -0.1) is 0 Å². The van der Waals surface area contributed by atoms with E-state index < -0.39 is 0 Å². The molecule has 0 spiro atoms. The molecule has 0 atom stereocenters. The normalized spacial score (nSPS) is 10.5. The Morgan fingerprint density at radius 1 is 0.741 bits per heavy atom. The first kappa shape index (κ1) is 16.8. The second kappa shape index (κ2) is 8.19. The molecule has 0 fully saturated rings. The molecule has 0 aliphatic heterocycles. The van der Waals surface area contributed by atoms with E-state index in [1.807, 2.05) is 36.4 Å². The van der Waals surface area contributed by atoms with Gasteiger partial charge in [0.05, 0.1) is 5.69 Å². The predicted molar refractivity (Wildman–Crippen MR) is 107 cm³/mol. The highest BCUT2D eigenvalue weighted by molar-refractivity contribution is 5.66. The third-order valence-corrected chi connectivity index (χ3v) is 4.18. The van der Waals surface area contributed by atoms with E-state index in [-0.39, 0.29) is 0 Å². The average Bonchev–Trinajstić information content (AvgIpc) is 2.76. The van der Waals surface area contributed by atoms with Crippen LogP contribution in [-0.4, -0.2) is 26.5 Å². The summed E-state index contributed by atoms with van der Waals surface area (Å²) in [5.74, 6) is 1.45. The quantitative estimate of drug-likeness (QED) is 0.561. The van der Waals surface area contributed by atoms with Crippen LogP contribution in [0.15, 0.2) is 85.5 Å². The first-order valence-corrected chi connectivity index (χ1v) is 8.86. The molecule has 1 N–H and O–H groups in total. The molecule has 0 aliphatic carbocycles. The molecule has 132 valence electrons. The van der Waals surface area contributed by atoms with Gasteiger partial charge in [-0.2, -0.15) is 0 Å². The predicted octanol–water partition coefficient (Wildman–Crippen LogP) is 4.26. The molecular formula is C22H19N5. The first-order chi connectivity index (χ1) is 13.4. The van der Waals surface area contributed by atoms with Gasteiger partial charge in [0.15, 0.2) is 5.82 Å². The maximum Gasteiger partial charge on any atom is 0.163 e. The summed E-state index contributed by atoms with van der Waals surface area (Å²) in [5, 5.41) is 3.43. The Morgan fingerprint density at radius 3 is 2.37 bits per heavy atom. The molecule has 27 heavy (non-hydrogen) atoms. The smallest absolute Gasteiger partial charge is 0.163 e. The van der Waals surface area contributed by atoms with E-state index in [4.69, 9.17) is 4.98 Å². The number of pyridine rings is 2. The van der Waals surface area contributed by atoms with Gasteiger partial charge in [-0.25, -0.2) is 9.97 Å². The van der Waals surface area contributed by atoms with Gasteiger partial charge >= 0.3 is 0 Å². The van der Waals surface area contributed by atoms with Gasteiger partial charge in [0.1, 0.15) is 5.82 Å². The minimum absolute atomic E-state index is 0.652. The molecule has 0 bridgehead atoms. The van der Waals surface area contributed by atoms with E-state index in [0.717, 1.165) is 35.6 Å². The summed E-state index contributed by atoms with van der Waals surface area (Å²) >= 11 is 0. The lowest BCUT2D eigenvalue weighted by atomic mass is 10.1. The van der Waals surface area contributed by atoms with Crippen molar-refractivity contribution in [2.45, 2.75) is 6.42 Å². The zero-order valence-electron chi connectivity index (χ0n) is 14.8. The van der Waals surface area contributed by atoms with E-state index in [9.17, 15) is 0 Å². The van der Waals surface area contributed by atoms with Crippen molar-refractivity contribution in [2.24, 2.45) is 0 Å². The highest BCUT2D eigenvalue weighted by Gasteiger charge is 2.09. The number of nitrogens with one attached hydrogen (secondary N) is 1. The second-order valence-electron chi connectivity index (χ2n) is 6.10. The summed E-state index contributed by atoms with van der Waals surface area (Å²) in [6.45, 7) is 0.795. The molecule has 5 heteroatoms. The van der Waals surface area contributed by atoms with E-state index in [1.54, 1.807) is 24.8 Å². The van der Waals surface area contributed by atoms with Gasteiger partial charge in [0.2, 0.25) is 0 Å². The van der Waals surface area contributed by atoms with Crippen molar-refractivity contribution < 1.29 is 0 Å². The molecule has 3 heterocycles. The molecule has 5 nitrogen and oxygen atoms in total. The number of hydrogen-bond acceptors (Lipinski definition) is 5. The maximum atomic E-state index is 4.72. The second-order valence-corrected chi connectivity index (χ2v) is 6.10. The van der Waals surface area contributed by atoms with E-state index in [1.165, 1.54) is 5.56 Å². The summed E-state index contributed by atoms with van der Waals surface area (Å²) < 4.78 is 0. The molecule has 4 rings (SSSR count). The van der Waals surface area contributed by atoms with Crippen LogP contribution in [0.4, 0.5) is 5.82 Å². The van der Waals surface area contributed by atoms with E-state index >= 15 is 0 Å². The summed E-state index contributed by atoms with van der Waals surface area (Å²) in [5.41, 5.74) is 4.04. The summed E-state index contributed by atoms with van der Waals surface area (Å²) in [4.78, 5) is 17.7. The SMILES string of the molecule is c1ccc(CCNc2cc(-c3ccncc3)nc(-c3cccnc3)n2)cc1. The fourth-order valence-corrected chi connectivity index (χ4v) is 2.81. The Labute approximate surface area is 158 Å². The van der Waals surface area contributed by atoms with Gasteiger partial charge in [-0.3, -0.25) is 9.97 Å². The summed E-state index contributed by atoms with van der Waals surface area (Å²) in [7, 11) is 0. The topological polar surface area (TPSA) is 63.6 Å². The number of benzene rings is 1. The lowest BCUT2D eigenvalue weighted by Gasteiger charge is -2.10. The monoisotopic (exact) mass is 353 g/mol. The van der Waals surface area contributed by atoms with Crippen LogP contribution in [0, 0.1) is 0 Å². The van der Waals surface area contributed by atoms with Crippen molar-refractivity contribution >= 4 is 5.82 Å². The zero-order valence-corrected chi connectivity index (χ0v) is 14.8. The van der Waals surface area contributed by atoms with Gasteiger partial charge < -0.3 is 5.32 Å². The molecule has 3 aromatic heterocycles. The fourth-order valence-electron chi connectivity index (χ4n) is 2.81. The third kappa shape index (κ3) is 4.33. The first-order valence-electron chi connectivity index (χ1n) is 8.86. The Kier molecular flexibility index (Phi) is 5.11. The van der Waals surface area contributed by atoms with Gasteiger partial charge in [-0.05, 0) is 36.2 Å². The van der Waals surface area contributed by atoms with Crippen molar-refractivity contribution in [3.05, 3.63) is 91.0 Å². The Bertz CT molecular complexity index is 931. The third-order valence-electron chi connectivity index (χ3n) is 4.18. The number of aromatic nitrogens is 4. The molecule has 0 aliphatic rings. The highest BCUT2D eigenvalue weighted by atomic mass is 15.0. The summed E-state index contributed by atoms with van der Waals surface area (Å²) in [6, 6.07) is 20.1. The Balaban J connectivity index is 1.62. The van der Waals surface area contributed by atoms with Crippen molar-refractivity contribution in [1.29, 1.82) is 0 Å². The van der Waals surface area contributed by atoms with Crippen LogP contribution in [0.1, 0.15) is 5.56 Å². The Hall–Kier alpha value is -3.60. The molecule has 0 radical (unpaired) electrons. The van der Waals surface area contributed by atoms with Crippen molar-refractivity contribution in [1.82, 2.24) is 19.9 Å². The molecule has 1 aromatic carbocycles. The van der Waals surface area contributed by atoms with Crippen LogP contribution >= 0.6 is 0 Å². The zero-order chi connectivity index (χ0) is 18.3. The van der Waals surface area contributed by atoms with Crippen molar-refractivity contribution in [3.8, 4) is 22.6 Å². The van der Waals surface area contributed by atoms with Crippen LogP contribution in [0.3, 0.4) is 0 Å². The fraction of sp³-hybridized carbons (Fsp3) is 0.0909. The van der Waals surface area contributed by atoms with Crippen molar-refractivity contribution in [3.63, 3.8) is 0 Å². The van der Waals surface area contributed by atoms with Gasteiger partial charge in [-0.1, -0.05) is 30.3 Å². The molecule has 0 saturated carbocycles. The molecular weight excluding hydrogens is 334 g/mol. The van der Waals surface area contributed by atoms with Crippen LogP contribution in [0.2, 0.25) is 0 Å². The average molecular weight is 353 g/mol. The lowest BCUT2D eigenvalue weighted by molar-refractivity contribution is 1.00. The standard InChI is InChI=1S/C22H19N5/c1-2-5-17(6-3-1)8-14-25-21-15-20(18-9-12-23-13-10-18)26-22(27-21)19-7-4-11-24-16-19/h1-7,9-13,15-16H,8,14H2,(H,25,26,27). The molecule has 0 saturated heterocycles. The van der Waals surface area contributed by atoms with Crippen LogP contribution in [0.25, 0.3) is 22.6 Å². The molecule has 4 aromatic rings. The van der Waals surface area contributed by atoms with E-state index in [0.29, 0.717) is 5.82 Å². The van der Waals surface area contributed by atoms with Crippen LogP contribution < -0.4 is 5.32 Å². The number of hydrogen-bond donors (Lipinski definition) is 1. The number of rotatable bonds is 6. The maximum absolute atomic E-state index is 4.72. The largest absolute Gasteiger partial charge is 0.370 e. The van der Waals surface area contributed by atoms with Crippen molar-refractivity contribution in [2.75, 3.05) is 11.9 Å². The summed E-state index contributed by atoms with van der Waals surface area (Å²) in [6.07, 6.45) is 7.99. The van der Waals surface area contributed by atoms with Crippen LogP contribution in [0.5, 0.6) is 0 Å². The van der Waals surface area contributed by atoms with Gasteiger partial charge in [0.25, 0.3) is 0 Å². The minimum Gasteiger partial charge on any atom is -0.370 e. The van der Waals surface area contributed by atoms with E-state index in [2.05, 4.69) is 44.5 Å². The van der Waals surface area contributed by atoms with Crippen LogP contribution in [-0.2, 0) is 6.42 Å². The van der Waals surface area contributed by atoms with Gasteiger partial charge in [0, 0.05) is 48.5 Å². The molecule has 0 unspecified atom stereocenters. The Morgan fingerprint density at radius 2 is 1.59 bits per heavy atom. The number of anilines is 1.